The molecule has 0 radical (unpaired) electrons. The van der Waals surface area contributed by atoms with Crippen LogP contribution in [0, 0.1) is 0 Å². The molecular weight excluding hydrogens is 310 g/mol. The molecule has 4 aromatic rings. The number of aliphatic carboxylic acids is 1. The maximum Gasteiger partial charge on any atom is 0.309 e. The van der Waals surface area contributed by atoms with Crippen molar-refractivity contribution in [3.8, 4) is 22.3 Å². The highest BCUT2D eigenvalue weighted by molar-refractivity contribution is 5.97. The van der Waals surface area contributed by atoms with Crippen LogP contribution in [0.3, 0.4) is 0 Å². The van der Waals surface area contributed by atoms with E-state index in [1.807, 2.05) is 77.3 Å². The number of hydrogen-bond acceptors (Lipinski definition) is 1. The first-order chi connectivity index (χ1) is 12.3. The van der Waals surface area contributed by atoms with Crippen molar-refractivity contribution in [2.24, 2.45) is 0 Å². The van der Waals surface area contributed by atoms with E-state index in [2.05, 4.69) is 12.1 Å². The molecule has 2 aromatic heterocycles. The van der Waals surface area contributed by atoms with Gasteiger partial charge in [0.25, 0.3) is 0 Å². The van der Waals surface area contributed by atoms with E-state index in [9.17, 15) is 9.90 Å². The van der Waals surface area contributed by atoms with Crippen molar-refractivity contribution >= 4 is 11.5 Å². The van der Waals surface area contributed by atoms with Gasteiger partial charge >= 0.3 is 5.97 Å². The molecule has 0 bridgehead atoms. The molecule has 0 spiro atoms. The van der Waals surface area contributed by atoms with Crippen molar-refractivity contribution in [1.29, 1.82) is 0 Å². The van der Waals surface area contributed by atoms with Gasteiger partial charge < -0.3 is 9.51 Å². The lowest BCUT2D eigenvalue weighted by Gasteiger charge is -2.08. The summed E-state index contributed by atoms with van der Waals surface area (Å²) in [4.78, 5) is 11.5. The van der Waals surface area contributed by atoms with Gasteiger partial charge in [-0.3, -0.25) is 4.79 Å². The Balaban J connectivity index is 2.13. The molecule has 2 aromatic carbocycles. The molecule has 0 amide bonds. The summed E-state index contributed by atoms with van der Waals surface area (Å²) < 4.78 is 2.00. The second-order valence-corrected chi connectivity index (χ2v) is 5.96. The largest absolute Gasteiger partial charge is 0.481 e. The molecule has 0 unspecified atom stereocenters. The minimum Gasteiger partial charge on any atom is -0.481 e. The number of nitrogens with zero attached hydrogens (tertiary/aromatic N) is 1. The van der Waals surface area contributed by atoms with Crippen LogP contribution in [0.5, 0.6) is 0 Å². The van der Waals surface area contributed by atoms with Gasteiger partial charge in [0, 0.05) is 23.0 Å². The number of pyridine rings is 1. The Hall–Kier alpha value is -3.33. The highest BCUT2D eigenvalue weighted by Crippen LogP contribution is 2.40. The van der Waals surface area contributed by atoms with Crippen LogP contribution in [0.1, 0.15) is 5.69 Å². The lowest BCUT2D eigenvalue weighted by molar-refractivity contribution is -0.136. The fraction of sp³-hybridized carbons (Fsp3) is 0.0455. The first-order valence-corrected chi connectivity index (χ1v) is 8.20. The predicted octanol–water partition coefficient (Wildman–Crippen LogP) is 4.90. The fourth-order valence-electron chi connectivity index (χ4n) is 3.40. The maximum absolute atomic E-state index is 11.5. The van der Waals surface area contributed by atoms with E-state index >= 15 is 0 Å². The van der Waals surface area contributed by atoms with Crippen LogP contribution >= 0.6 is 0 Å². The monoisotopic (exact) mass is 327 g/mol. The Morgan fingerprint density at radius 2 is 1.32 bits per heavy atom. The Labute approximate surface area is 145 Å². The molecule has 0 aliphatic rings. The molecule has 3 nitrogen and oxygen atoms in total. The lowest BCUT2D eigenvalue weighted by atomic mass is 9.95. The van der Waals surface area contributed by atoms with Crippen LogP contribution in [-0.2, 0) is 11.2 Å². The number of benzene rings is 2. The molecule has 0 aliphatic heterocycles. The van der Waals surface area contributed by atoms with Gasteiger partial charge in [-0.2, -0.15) is 0 Å². The number of aromatic nitrogens is 1. The molecule has 0 aliphatic carbocycles. The first-order valence-electron chi connectivity index (χ1n) is 8.20. The number of carboxylic acids is 1. The summed E-state index contributed by atoms with van der Waals surface area (Å²) in [7, 11) is 0. The summed E-state index contributed by atoms with van der Waals surface area (Å²) >= 11 is 0. The van der Waals surface area contributed by atoms with E-state index in [-0.39, 0.29) is 6.42 Å². The normalized spacial score (nSPS) is 10.9. The van der Waals surface area contributed by atoms with Crippen LogP contribution in [0.15, 0.2) is 85.1 Å². The van der Waals surface area contributed by atoms with E-state index in [4.69, 9.17) is 0 Å². The molecule has 0 fully saturated rings. The smallest absolute Gasteiger partial charge is 0.309 e. The highest BCUT2D eigenvalue weighted by atomic mass is 16.4. The van der Waals surface area contributed by atoms with Gasteiger partial charge in [-0.25, -0.2) is 0 Å². The van der Waals surface area contributed by atoms with Crippen molar-refractivity contribution in [3.63, 3.8) is 0 Å². The Morgan fingerprint density at radius 1 is 0.760 bits per heavy atom. The molecule has 25 heavy (non-hydrogen) atoms. The minimum atomic E-state index is -0.833. The van der Waals surface area contributed by atoms with Gasteiger partial charge in [0.05, 0.1) is 11.9 Å². The fourth-order valence-corrected chi connectivity index (χ4v) is 3.40. The van der Waals surface area contributed by atoms with Crippen LogP contribution in [-0.4, -0.2) is 15.5 Å². The topological polar surface area (TPSA) is 41.7 Å². The zero-order valence-electron chi connectivity index (χ0n) is 13.6. The van der Waals surface area contributed by atoms with Gasteiger partial charge in [0.15, 0.2) is 0 Å². The summed E-state index contributed by atoms with van der Waals surface area (Å²) in [5.74, 6) is -0.833. The number of fused-ring (bicyclic) bond motifs is 1. The molecule has 1 N–H and O–H groups in total. The molecule has 0 saturated heterocycles. The number of carboxylic acid groups (broad SMARTS) is 1. The van der Waals surface area contributed by atoms with Gasteiger partial charge in [0.2, 0.25) is 0 Å². The predicted molar refractivity (Wildman–Crippen MR) is 99.6 cm³/mol. The quantitative estimate of drug-likeness (QED) is 0.579. The average molecular weight is 327 g/mol. The highest BCUT2D eigenvalue weighted by Gasteiger charge is 2.21. The molecule has 0 atom stereocenters. The molecule has 3 heteroatoms. The Morgan fingerprint density at radius 3 is 1.92 bits per heavy atom. The third-order valence-corrected chi connectivity index (χ3v) is 4.39. The van der Waals surface area contributed by atoms with Crippen molar-refractivity contribution in [3.05, 3.63) is 90.8 Å². The molecule has 2 heterocycles. The first kappa shape index (κ1) is 15.2. The summed E-state index contributed by atoms with van der Waals surface area (Å²) in [5.41, 5.74) is 5.99. The van der Waals surface area contributed by atoms with E-state index < -0.39 is 5.97 Å². The van der Waals surface area contributed by atoms with Crippen LogP contribution in [0.4, 0.5) is 0 Å². The SMILES string of the molecule is O=C(O)Cc1c(-c2ccccc2)c(-c2ccccc2)c2ccccn12. The van der Waals surface area contributed by atoms with E-state index in [0.29, 0.717) is 0 Å². The Kier molecular flexibility index (Phi) is 3.82. The standard InChI is InChI=1S/C22H17NO2/c24-20(25)15-19-22(17-11-5-2-6-12-17)21(16-9-3-1-4-10-16)18-13-7-8-14-23(18)19/h1-14H,15H2,(H,24,25). The van der Waals surface area contributed by atoms with Crippen molar-refractivity contribution in [1.82, 2.24) is 4.40 Å². The summed E-state index contributed by atoms with van der Waals surface area (Å²) in [6, 6.07) is 26.1. The second kappa shape index (κ2) is 6.29. The van der Waals surface area contributed by atoms with Crippen molar-refractivity contribution < 1.29 is 9.90 Å². The van der Waals surface area contributed by atoms with Crippen molar-refractivity contribution in [2.75, 3.05) is 0 Å². The van der Waals surface area contributed by atoms with Crippen LogP contribution in [0.25, 0.3) is 27.8 Å². The summed E-state index contributed by atoms with van der Waals surface area (Å²) in [5, 5.41) is 9.46. The Bertz CT molecular complexity index is 1030. The zero-order chi connectivity index (χ0) is 17.2. The van der Waals surface area contributed by atoms with Crippen LogP contribution in [0.2, 0.25) is 0 Å². The third-order valence-electron chi connectivity index (χ3n) is 4.39. The number of carbonyl (C=O) groups is 1. The maximum atomic E-state index is 11.5. The molecule has 0 saturated carbocycles. The molecular formula is C22H17NO2. The average Bonchev–Trinajstić information content (AvgIpc) is 2.97. The summed E-state index contributed by atoms with van der Waals surface area (Å²) in [6.45, 7) is 0. The van der Waals surface area contributed by atoms with E-state index in [1.54, 1.807) is 0 Å². The van der Waals surface area contributed by atoms with Crippen molar-refractivity contribution in [2.45, 2.75) is 6.42 Å². The number of hydrogen-bond donors (Lipinski definition) is 1. The zero-order valence-corrected chi connectivity index (χ0v) is 13.6. The molecule has 122 valence electrons. The van der Waals surface area contributed by atoms with Crippen LogP contribution < -0.4 is 0 Å². The number of rotatable bonds is 4. The second-order valence-electron chi connectivity index (χ2n) is 5.96. The molecule has 4 rings (SSSR count). The third kappa shape index (κ3) is 2.70. The minimum absolute atomic E-state index is 0.0256. The lowest BCUT2D eigenvalue weighted by Crippen LogP contribution is -2.04. The van der Waals surface area contributed by atoms with Gasteiger partial charge in [-0.1, -0.05) is 66.7 Å². The summed E-state index contributed by atoms with van der Waals surface area (Å²) in [6.07, 6.45) is 1.91. The van der Waals surface area contributed by atoms with Gasteiger partial charge in [-0.05, 0) is 23.3 Å². The van der Waals surface area contributed by atoms with Gasteiger partial charge in [-0.15, -0.1) is 0 Å². The van der Waals surface area contributed by atoms with E-state index in [0.717, 1.165) is 33.5 Å². The van der Waals surface area contributed by atoms with E-state index in [1.165, 1.54) is 0 Å². The van der Waals surface area contributed by atoms with Gasteiger partial charge in [0.1, 0.15) is 0 Å².